The van der Waals surface area contributed by atoms with Gasteiger partial charge in [0.1, 0.15) is 12.4 Å². The van der Waals surface area contributed by atoms with E-state index in [1.54, 1.807) is 4.90 Å². The number of likely N-dealkylation sites (tertiary alicyclic amines) is 1. The highest BCUT2D eigenvalue weighted by Crippen LogP contribution is 2.21. The fourth-order valence-corrected chi connectivity index (χ4v) is 3.81. The van der Waals surface area contributed by atoms with E-state index in [1.807, 2.05) is 0 Å². The summed E-state index contributed by atoms with van der Waals surface area (Å²) in [7, 11) is -1.05. The predicted octanol–water partition coefficient (Wildman–Crippen LogP) is 1.70. The molecule has 1 atom stereocenters. The highest BCUT2D eigenvalue weighted by atomic mass is 32.2. The first-order valence-corrected chi connectivity index (χ1v) is 9.35. The number of rotatable bonds is 5. The first-order valence-electron chi connectivity index (χ1n) is 7.95. The van der Waals surface area contributed by atoms with Crippen molar-refractivity contribution in [2.75, 3.05) is 38.0 Å². The third-order valence-corrected chi connectivity index (χ3v) is 5.96. The van der Waals surface area contributed by atoms with Gasteiger partial charge in [0.05, 0.1) is 5.69 Å². The number of halogens is 1. The summed E-state index contributed by atoms with van der Waals surface area (Å²) < 4.78 is 40.4. The second kappa shape index (κ2) is 7.48. The molecule has 1 saturated heterocycles. The fraction of sp³-hybridized carbons (Fsp3) is 0.562. The van der Waals surface area contributed by atoms with E-state index < -0.39 is 16.0 Å². The molecule has 1 fully saturated rings. The number of amides is 1. The lowest BCUT2D eigenvalue weighted by Crippen LogP contribution is -2.49. The number of piperidine rings is 1. The van der Waals surface area contributed by atoms with Crippen molar-refractivity contribution < 1.29 is 17.6 Å². The minimum atomic E-state index is -3.86. The van der Waals surface area contributed by atoms with E-state index in [0.29, 0.717) is 19.0 Å². The van der Waals surface area contributed by atoms with Crippen LogP contribution in [0.3, 0.4) is 0 Å². The summed E-state index contributed by atoms with van der Waals surface area (Å²) in [6, 6.07) is 5.09. The van der Waals surface area contributed by atoms with Crippen molar-refractivity contribution in [1.82, 2.24) is 9.21 Å². The standard InChI is InChI=1S/C16H24FN3O3S/c1-13-5-4-10-19(11-13)16(21)12-20(24(22,23)18(2)3)15-8-6-14(17)7-9-15/h6-9,13H,4-5,10-12H2,1-3H3/t13-/m1/s1. The lowest BCUT2D eigenvalue weighted by atomic mass is 10.0. The number of anilines is 1. The first-order chi connectivity index (χ1) is 11.2. The molecule has 0 saturated carbocycles. The van der Waals surface area contributed by atoms with Gasteiger partial charge < -0.3 is 4.90 Å². The lowest BCUT2D eigenvalue weighted by molar-refractivity contribution is -0.131. The van der Waals surface area contributed by atoms with Crippen molar-refractivity contribution in [3.63, 3.8) is 0 Å². The Kier molecular flexibility index (Phi) is 5.82. The van der Waals surface area contributed by atoms with Crippen LogP contribution in [0.25, 0.3) is 0 Å². The van der Waals surface area contributed by atoms with E-state index in [1.165, 1.54) is 38.4 Å². The second-order valence-corrected chi connectivity index (χ2v) is 8.43. The van der Waals surface area contributed by atoms with Gasteiger partial charge in [-0.3, -0.25) is 4.79 Å². The van der Waals surface area contributed by atoms with E-state index in [4.69, 9.17) is 0 Å². The maximum absolute atomic E-state index is 13.1. The molecule has 0 spiro atoms. The summed E-state index contributed by atoms with van der Waals surface area (Å²) in [6.07, 6.45) is 1.99. The first kappa shape index (κ1) is 18.7. The van der Waals surface area contributed by atoms with Crippen LogP contribution in [0.4, 0.5) is 10.1 Å². The molecule has 8 heteroatoms. The van der Waals surface area contributed by atoms with Crippen molar-refractivity contribution in [2.45, 2.75) is 19.8 Å². The zero-order valence-corrected chi connectivity index (χ0v) is 15.1. The number of nitrogens with zero attached hydrogens (tertiary/aromatic N) is 3. The molecule has 1 amide bonds. The Hall–Kier alpha value is -1.67. The summed E-state index contributed by atoms with van der Waals surface area (Å²) >= 11 is 0. The second-order valence-electron chi connectivity index (χ2n) is 6.36. The van der Waals surface area contributed by atoms with E-state index >= 15 is 0 Å². The van der Waals surface area contributed by atoms with Gasteiger partial charge in [-0.05, 0) is 43.0 Å². The smallest absolute Gasteiger partial charge is 0.304 e. The summed E-state index contributed by atoms with van der Waals surface area (Å²) in [5.74, 6) is -0.291. The van der Waals surface area contributed by atoms with Crippen LogP contribution in [0.15, 0.2) is 24.3 Å². The van der Waals surface area contributed by atoms with Gasteiger partial charge in [-0.25, -0.2) is 8.70 Å². The molecule has 1 heterocycles. The summed E-state index contributed by atoms with van der Waals surface area (Å²) in [6.45, 7) is 3.06. The largest absolute Gasteiger partial charge is 0.341 e. The zero-order chi connectivity index (χ0) is 17.9. The molecule has 1 aromatic carbocycles. The number of carbonyl (C=O) groups excluding carboxylic acids is 1. The van der Waals surface area contributed by atoms with Gasteiger partial charge >= 0.3 is 10.2 Å². The highest BCUT2D eigenvalue weighted by Gasteiger charge is 2.30. The fourth-order valence-electron chi connectivity index (χ4n) is 2.75. The number of hydrogen-bond acceptors (Lipinski definition) is 3. The number of hydrogen-bond donors (Lipinski definition) is 0. The Morgan fingerprint density at radius 1 is 1.29 bits per heavy atom. The van der Waals surface area contributed by atoms with Crippen LogP contribution >= 0.6 is 0 Å². The Balaban J connectivity index is 2.26. The van der Waals surface area contributed by atoms with Crippen LogP contribution < -0.4 is 4.31 Å². The minimum absolute atomic E-state index is 0.240. The molecule has 0 unspecified atom stereocenters. The molecular weight excluding hydrogens is 333 g/mol. The van der Waals surface area contributed by atoms with Crippen molar-refractivity contribution in [3.8, 4) is 0 Å². The average Bonchev–Trinajstić information content (AvgIpc) is 2.53. The van der Waals surface area contributed by atoms with Gasteiger partial charge in [-0.15, -0.1) is 0 Å². The third-order valence-electron chi connectivity index (χ3n) is 4.14. The predicted molar refractivity (Wildman–Crippen MR) is 91.3 cm³/mol. The molecule has 0 bridgehead atoms. The van der Waals surface area contributed by atoms with Gasteiger partial charge in [0.2, 0.25) is 5.91 Å². The zero-order valence-electron chi connectivity index (χ0n) is 14.3. The van der Waals surface area contributed by atoms with Crippen LogP contribution in [0.5, 0.6) is 0 Å². The van der Waals surface area contributed by atoms with Crippen LogP contribution in [-0.4, -0.2) is 57.3 Å². The summed E-state index contributed by atoms with van der Waals surface area (Å²) in [5, 5.41) is 0. The molecule has 134 valence electrons. The molecule has 0 aliphatic carbocycles. The Morgan fingerprint density at radius 3 is 2.46 bits per heavy atom. The molecule has 2 rings (SSSR count). The van der Waals surface area contributed by atoms with Crippen LogP contribution in [0.1, 0.15) is 19.8 Å². The maximum Gasteiger partial charge on any atom is 0.304 e. The molecule has 1 aliphatic rings. The lowest BCUT2D eigenvalue weighted by Gasteiger charge is -2.34. The van der Waals surface area contributed by atoms with E-state index in [9.17, 15) is 17.6 Å². The highest BCUT2D eigenvalue weighted by molar-refractivity contribution is 7.90. The Morgan fingerprint density at radius 2 is 1.92 bits per heavy atom. The topological polar surface area (TPSA) is 60.9 Å². The molecule has 0 aromatic heterocycles. The molecule has 0 N–H and O–H groups in total. The van der Waals surface area contributed by atoms with E-state index in [0.717, 1.165) is 21.5 Å². The molecule has 0 radical (unpaired) electrons. The molecular formula is C16H24FN3O3S. The van der Waals surface area contributed by atoms with Crippen molar-refractivity contribution in [1.29, 1.82) is 0 Å². The van der Waals surface area contributed by atoms with Gasteiger partial charge in [-0.2, -0.15) is 12.7 Å². The van der Waals surface area contributed by atoms with Gasteiger partial charge in [0.15, 0.2) is 0 Å². The van der Waals surface area contributed by atoms with E-state index in [2.05, 4.69) is 6.92 Å². The van der Waals surface area contributed by atoms with Gasteiger partial charge in [-0.1, -0.05) is 6.92 Å². The average molecular weight is 357 g/mol. The quantitative estimate of drug-likeness (QED) is 0.806. The normalized spacial score (nSPS) is 18.7. The van der Waals surface area contributed by atoms with Gasteiger partial charge in [0, 0.05) is 27.2 Å². The Labute approximate surface area is 143 Å². The molecule has 24 heavy (non-hydrogen) atoms. The van der Waals surface area contributed by atoms with Crippen LogP contribution in [0.2, 0.25) is 0 Å². The summed E-state index contributed by atoms with van der Waals surface area (Å²) in [4.78, 5) is 14.3. The Bertz CT molecular complexity index is 676. The van der Waals surface area contributed by atoms with Gasteiger partial charge in [0.25, 0.3) is 0 Å². The SMILES string of the molecule is C[C@@H]1CCCN(C(=O)CN(c2ccc(F)cc2)S(=O)(=O)N(C)C)C1. The number of benzene rings is 1. The molecule has 1 aromatic rings. The number of carbonyl (C=O) groups is 1. The van der Waals surface area contributed by atoms with E-state index in [-0.39, 0.29) is 18.1 Å². The van der Waals surface area contributed by atoms with Crippen LogP contribution in [0, 0.1) is 11.7 Å². The van der Waals surface area contributed by atoms with Crippen LogP contribution in [-0.2, 0) is 15.0 Å². The molecule has 1 aliphatic heterocycles. The van der Waals surface area contributed by atoms with Crippen molar-refractivity contribution in [3.05, 3.63) is 30.1 Å². The third kappa shape index (κ3) is 4.24. The monoisotopic (exact) mass is 357 g/mol. The minimum Gasteiger partial charge on any atom is -0.341 e. The molecule has 6 nitrogen and oxygen atoms in total. The maximum atomic E-state index is 13.1. The summed E-state index contributed by atoms with van der Waals surface area (Å²) in [5.41, 5.74) is 0.267. The van der Waals surface area contributed by atoms with Crippen molar-refractivity contribution >= 4 is 21.8 Å². The van der Waals surface area contributed by atoms with Crippen molar-refractivity contribution in [2.24, 2.45) is 5.92 Å².